The molecule has 90 valence electrons. The SMILES string of the molecule is CC(C)N(CCO)C(=O)c1nn(C)cc1N. The van der Waals surface area contributed by atoms with Crippen molar-refractivity contribution in [2.45, 2.75) is 19.9 Å². The number of nitrogens with zero attached hydrogens (tertiary/aromatic N) is 3. The van der Waals surface area contributed by atoms with Crippen molar-refractivity contribution in [1.82, 2.24) is 14.7 Å². The molecule has 6 nitrogen and oxygen atoms in total. The van der Waals surface area contributed by atoms with Gasteiger partial charge in [0.15, 0.2) is 5.69 Å². The summed E-state index contributed by atoms with van der Waals surface area (Å²) < 4.78 is 1.50. The molecular weight excluding hydrogens is 208 g/mol. The van der Waals surface area contributed by atoms with Gasteiger partial charge in [0, 0.05) is 25.8 Å². The highest BCUT2D eigenvalue weighted by molar-refractivity contribution is 5.97. The van der Waals surface area contributed by atoms with Gasteiger partial charge < -0.3 is 15.7 Å². The van der Waals surface area contributed by atoms with Crippen molar-refractivity contribution < 1.29 is 9.90 Å². The zero-order valence-corrected chi connectivity index (χ0v) is 9.84. The average Bonchev–Trinajstić information content (AvgIpc) is 2.53. The largest absolute Gasteiger partial charge is 0.396 e. The molecule has 0 spiro atoms. The minimum Gasteiger partial charge on any atom is -0.396 e. The highest BCUT2D eigenvalue weighted by Crippen LogP contribution is 2.13. The number of nitrogen functional groups attached to an aromatic ring is 1. The van der Waals surface area contributed by atoms with Gasteiger partial charge in [0.05, 0.1) is 12.3 Å². The minimum absolute atomic E-state index is 0.000978. The second-order valence-corrected chi connectivity index (χ2v) is 3.92. The van der Waals surface area contributed by atoms with E-state index < -0.39 is 0 Å². The summed E-state index contributed by atoms with van der Waals surface area (Å²) >= 11 is 0. The number of nitrogens with two attached hydrogens (primary N) is 1. The molecule has 0 saturated carbocycles. The maximum atomic E-state index is 12.1. The quantitative estimate of drug-likeness (QED) is 0.747. The normalized spacial score (nSPS) is 10.8. The van der Waals surface area contributed by atoms with E-state index in [4.69, 9.17) is 10.8 Å². The van der Waals surface area contributed by atoms with Crippen LogP contribution in [0.2, 0.25) is 0 Å². The molecule has 0 aliphatic heterocycles. The molecule has 0 aromatic carbocycles. The molecule has 1 amide bonds. The van der Waals surface area contributed by atoms with Crippen molar-refractivity contribution >= 4 is 11.6 Å². The van der Waals surface area contributed by atoms with E-state index >= 15 is 0 Å². The Balaban J connectivity index is 2.94. The molecule has 0 atom stereocenters. The van der Waals surface area contributed by atoms with Gasteiger partial charge >= 0.3 is 0 Å². The summed E-state index contributed by atoms with van der Waals surface area (Å²) in [7, 11) is 1.71. The average molecular weight is 226 g/mol. The summed E-state index contributed by atoms with van der Waals surface area (Å²) in [5, 5.41) is 12.9. The third kappa shape index (κ3) is 2.52. The van der Waals surface area contributed by atoms with Crippen LogP contribution in [-0.2, 0) is 7.05 Å². The zero-order valence-electron chi connectivity index (χ0n) is 9.84. The number of rotatable bonds is 4. The van der Waals surface area contributed by atoms with Crippen LogP contribution in [0.15, 0.2) is 6.20 Å². The van der Waals surface area contributed by atoms with Crippen molar-refractivity contribution in [3.8, 4) is 0 Å². The molecular formula is C10H18N4O2. The van der Waals surface area contributed by atoms with Crippen LogP contribution in [0.4, 0.5) is 5.69 Å². The minimum atomic E-state index is -0.248. The molecule has 6 heteroatoms. The van der Waals surface area contributed by atoms with E-state index in [1.54, 1.807) is 18.1 Å². The van der Waals surface area contributed by atoms with E-state index in [2.05, 4.69) is 5.10 Å². The number of amides is 1. The lowest BCUT2D eigenvalue weighted by Crippen LogP contribution is -2.39. The molecule has 0 unspecified atom stereocenters. The van der Waals surface area contributed by atoms with Gasteiger partial charge in [-0.3, -0.25) is 9.48 Å². The Morgan fingerprint density at radius 2 is 2.31 bits per heavy atom. The number of anilines is 1. The Morgan fingerprint density at radius 1 is 1.69 bits per heavy atom. The van der Waals surface area contributed by atoms with Crippen molar-refractivity contribution in [1.29, 1.82) is 0 Å². The topological polar surface area (TPSA) is 84.4 Å². The Kier molecular flexibility index (Phi) is 3.89. The number of hydrogen-bond acceptors (Lipinski definition) is 4. The van der Waals surface area contributed by atoms with Crippen molar-refractivity contribution in [2.75, 3.05) is 18.9 Å². The lowest BCUT2D eigenvalue weighted by molar-refractivity contribution is 0.0659. The third-order valence-corrected chi connectivity index (χ3v) is 2.28. The van der Waals surface area contributed by atoms with Crippen molar-refractivity contribution in [2.24, 2.45) is 7.05 Å². The predicted molar refractivity (Wildman–Crippen MR) is 60.9 cm³/mol. The van der Waals surface area contributed by atoms with Gasteiger partial charge in [0.1, 0.15) is 0 Å². The lowest BCUT2D eigenvalue weighted by atomic mass is 10.2. The van der Waals surface area contributed by atoms with Gasteiger partial charge in [0.2, 0.25) is 0 Å². The lowest BCUT2D eigenvalue weighted by Gasteiger charge is -2.25. The number of carbonyl (C=O) groups excluding carboxylic acids is 1. The molecule has 1 aromatic heterocycles. The number of aliphatic hydroxyl groups is 1. The second-order valence-electron chi connectivity index (χ2n) is 3.92. The fraction of sp³-hybridized carbons (Fsp3) is 0.600. The number of aromatic nitrogens is 2. The molecule has 3 N–H and O–H groups in total. The Hall–Kier alpha value is -1.56. The number of carbonyl (C=O) groups is 1. The van der Waals surface area contributed by atoms with Gasteiger partial charge in [-0.15, -0.1) is 0 Å². The van der Waals surface area contributed by atoms with E-state index in [-0.39, 0.29) is 30.8 Å². The first kappa shape index (κ1) is 12.5. The Labute approximate surface area is 94.6 Å². The standard InChI is InChI=1S/C10H18N4O2/c1-7(2)14(4-5-15)10(16)9-8(11)6-13(3)12-9/h6-7,15H,4-5,11H2,1-3H3. The van der Waals surface area contributed by atoms with E-state index in [1.807, 2.05) is 13.8 Å². The molecule has 0 aliphatic rings. The predicted octanol–water partition coefficient (Wildman–Crippen LogP) is -0.155. The molecule has 0 radical (unpaired) electrons. The van der Waals surface area contributed by atoms with Crippen LogP contribution < -0.4 is 5.73 Å². The Morgan fingerprint density at radius 3 is 2.69 bits per heavy atom. The first-order valence-corrected chi connectivity index (χ1v) is 5.18. The van der Waals surface area contributed by atoms with E-state index in [9.17, 15) is 4.79 Å². The Bertz CT molecular complexity index is 373. The van der Waals surface area contributed by atoms with Gasteiger partial charge in [0.25, 0.3) is 5.91 Å². The summed E-state index contributed by atoms with van der Waals surface area (Å²) in [6.07, 6.45) is 1.59. The van der Waals surface area contributed by atoms with Crippen LogP contribution in [0.3, 0.4) is 0 Å². The maximum absolute atomic E-state index is 12.1. The highest BCUT2D eigenvalue weighted by Gasteiger charge is 2.22. The molecule has 0 fully saturated rings. The fourth-order valence-electron chi connectivity index (χ4n) is 1.51. The molecule has 0 bridgehead atoms. The first-order chi connectivity index (χ1) is 7.47. The van der Waals surface area contributed by atoms with Crippen LogP contribution in [0, 0.1) is 0 Å². The van der Waals surface area contributed by atoms with Crippen LogP contribution in [-0.4, -0.2) is 44.9 Å². The van der Waals surface area contributed by atoms with Gasteiger partial charge in [-0.1, -0.05) is 0 Å². The third-order valence-electron chi connectivity index (χ3n) is 2.28. The summed E-state index contributed by atoms with van der Waals surface area (Å²) in [5.41, 5.74) is 6.28. The van der Waals surface area contributed by atoms with Gasteiger partial charge in [-0.05, 0) is 13.8 Å². The van der Waals surface area contributed by atoms with Gasteiger partial charge in [-0.2, -0.15) is 5.10 Å². The number of aliphatic hydroxyl groups excluding tert-OH is 1. The van der Waals surface area contributed by atoms with E-state index in [0.29, 0.717) is 5.69 Å². The first-order valence-electron chi connectivity index (χ1n) is 5.18. The summed E-state index contributed by atoms with van der Waals surface area (Å²) in [5.74, 6) is -0.248. The van der Waals surface area contributed by atoms with Gasteiger partial charge in [-0.25, -0.2) is 0 Å². The number of aryl methyl sites for hydroxylation is 1. The number of hydrogen-bond donors (Lipinski definition) is 2. The van der Waals surface area contributed by atoms with Crippen LogP contribution >= 0.6 is 0 Å². The van der Waals surface area contributed by atoms with Crippen LogP contribution in [0.5, 0.6) is 0 Å². The fourth-order valence-corrected chi connectivity index (χ4v) is 1.51. The van der Waals surface area contributed by atoms with E-state index in [1.165, 1.54) is 4.68 Å². The molecule has 1 rings (SSSR count). The van der Waals surface area contributed by atoms with E-state index in [0.717, 1.165) is 0 Å². The molecule has 1 aromatic rings. The highest BCUT2D eigenvalue weighted by atomic mass is 16.3. The second kappa shape index (κ2) is 4.98. The maximum Gasteiger partial charge on any atom is 0.276 e. The molecule has 0 saturated heterocycles. The summed E-state index contributed by atoms with van der Waals surface area (Å²) in [4.78, 5) is 13.6. The van der Waals surface area contributed by atoms with Crippen LogP contribution in [0.25, 0.3) is 0 Å². The smallest absolute Gasteiger partial charge is 0.276 e. The molecule has 0 aliphatic carbocycles. The summed E-state index contributed by atoms with van der Waals surface area (Å²) in [6.45, 7) is 3.97. The molecule has 1 heterocycles. The van der Waals surface area contributed by atoms with Crippen molar-refractivity contribution in [3.05, 3.63) is 11.9 Å². The molecule has 16 heavy (non-hydrogen) atoms. The summed E-state index contributed by atoms with van der Waals surface area (Å²) in [6, 6.07) is 0.000978. The van der Waals surface area contributed by atoms with Crippen LogP contribution in [0.1, 0.15) is 24.3 Å². The monoisotopic (exact) mass is 226 g/mol. The zero-order chi connectivity index (χ0) is 12.3. The van der Waals surface area contributed by atoms with Crippen molar-refractivity contribution in [3.63, 3.8) is 0 Å².